The molecule has 16 heavy (non-hydrogen) atoms. The van der Waals surface area contributed by atoms with Crippen LogP contribution in [0.2, 0.25) is 0 Å². The summed E-state index contributed by atoms with van der Waals surface area (Å²) in [4.78, 5) is 3.96. The smallest absolute Gasteiger partial charge is 0.231 e. The number of hydrogen-bond donors (Lipinski definition) is 0. The van der Waals surface area contributed by atoms with Gasteiger partial charge in [-0.05, 0) is 6.07 Å². The second-order valence-electron chi connectivity index (χ2n) is 2.52. The molecule has 1 rings (SSSR count). The fraction of sp³-hybridized carbons (Fsp3) is 0.182. The molecule has 5 nitrogen and oxygen atoms in total. The fourth-order valence-corrected chi connectivity index (χ4v) is 0.853. The van der Waals surface area contributed by atoms with Gasteiger partial charge in [0, 0.05) is 12.3 Å². The van der Waals surface area contributed by atoms with E-state index in [4.69, 9.17) is 18.9 Å². The van der Waals surface area contributed by atoms with Gasteiger partial charge in [0.05, 0.1) is 12.5 Å². The third kappa shape index (κ3) is 4.36. The summed E-state index contributed by atoms with van der Waals surface area (Å²) in [5.41, 5.74) is 0. The highest BCUT2D eigenvalue weighted by Gasteiger charge is 1.98. The van der Waals surface area contributed by atoms with Gasteiger partial charge in [0.1, 0.15) is 5.75 Å². The Labute approximate surface area is 93.9 Å². The third-order valence-electron chi connectivity index (χ3n) is 1.51. The zero-order valence-corrected chi connectivity index (χ0v) is 8.80. The second kappa shape index (κ2) is 7.17. The first-order chi connectivity index (χ1) is 7.86. The van der Waals surface area contributed by atoms with Crippen LogP contribution in [0.1, 0.15) is 0 Å². The van der Waals surface area contributed by atoms with Crippen molar-refractivity contribution in [3.63, 3.8) is 0 Å². The molecule has 0 atom stereocenters. The molecule has 0 aliphatic carbocycles. The van der Waals surface area contributed by atoms with Crippen LogP contribution in [0.15, 0.2) is 44.0 Å². The quantitative estimate of drug-likeness (QED) is 0.383. The Kier molecular flexibility index (Phi) is 5.33. The highest BCUT2D eigenvalue weighted by molar-refractivity contribution is 5.25. The van der Waals surface area contributed by atoms with Crippen molar-refractivity contribution in [3.8, 4) is 11.6 Å². The van der Waals surface area contributed by atoms with Crippen LogP contribution >= 0.6 is 0 Å². The number of hydrogen-bond acceptors (Lipinski definition) is 5. The van der Waals surface area contributed by atoms with Crippen molar-refractivity contribution < 1.29 is 18.9 Å². The van der Waals surface area contributed by atoms with E-state index in [9.17, 15) is 0 Å². The number of nitrogens with zero attached hydrogens (tertiary/aromatic N) is 1. The van der Waals surface area contributed by atoms with Crippen LogP contribution in [0.5, 0.6) is 11.6 Å². The van der Waals surface area contributed by atoms with Gasteiger partial charge in [-0.1, -0.05) is 13.2 Å². The van der Waals surface area contributed by atoms with E-state index in [1.54, 1.807) is 18.3 Å². The summed E-state index contributed by atoms with van der Waals surface area (Å²) in [6, 6.07) is 3.31. The van der Waals surface area contributed by atoms with E-state index in [1.165, 1.54) is 12.5 Å². The molecule has 0 spiro atoms. The van der Waals surface area contributed by atoms with Crippen molar-refractivity contribution in [3.05, 3.63) is 44.0 Å². The van der Waals surface area contributed by atoms with Crippen LogP contribution in [0.25, 0.3) is 0 Å². The van der Waals surface area contributed by atoms with Gasteiger partial charge in [0.2, 0.25) is 19.5 Å². The van der Waals surface area contributed by atoms with Crippen molar-refractivity contribution in [2.75, 3.05) is 13.6 Å². The molecule has 86 valence electrons. The van der Waals surface area contributed by atoms with Gasteiger partial charge >= 0.3 is 0 Å². The Morgan fingerprint density at radius 2 is 1.81 bits per heavy atom. The van der Waals surface area contributed by atoms with E-state index in [1.807, 2.05) is 0 Å². The molecule has 0 N–H and O–H groups in total. The van der Waals surface area contributed by atoms with E-state index in [-0.39, 0.29) is 13.6 Å². The van der Waals surface area contributed by atoms with Crippen LogP contribution in [0, 0.1) is 0 Å². The number of pyridine rings is 1. The first-order valence-corrected chi connectivity index (χ1v) is 4.53. The predicted octanol–water partition coefficient (Wildman–Crippen LogP) is 2.07. The topological polar surface area (TPSA) is 49.8 Å². The molecule has 0 saturated carbocycles. The molecule has 0 aliphatic rings. The zero-order valence-electron chi connectivity index (χ0n) is 8.80. The first kappa shape index (κ1) is 11.9. The zero-order chi connectivity index (χ0) is 11.6. The Morgan fingerprint density at radius 1 is 1.12 bits per heavy atom. The predicted molar refractivity (Wildman–Crippen MR) is 57.8 cm³/mol. The van der Waals surface area contributed by atoms with E-state index in [0.717, 1.165) is 0 Å². The molecular formula is C11H13NO4. The molecule has 1 aromatic rings. The standard InChI is InChI=1S/C11H13NO4/c1-3-13-8-15-10-5-6-12-11(7-10)16-9-14-4-2/h3-7H,1-2,8-9H2. The van der Waals surface area contributed by atoms with Gasteiger partial charge in [-0.15, -0.1) is 0 Å². The largest absolute Gasteiger partial charge is 0.466 e. The van der Waals surface area contributed by atoms with Gasteiger partial charge < -0.3 is 18.9 Å². The van der Waals surface area contributed by atoms with Crippen LogP contribution in [-0.2, 0) is 9.47 Å². The summed E-state index contributed by atoms with van der Waals surface area (Å²) in [5, 5.41) is 0. The lowest BCUT2D eigenvalue weighted by atomic mass is 10.4. The summed E-state index contributed by atoms with van der Waals surface area (Å²) in [6.45, 7) is 6.93. The Balaban J connectivity index is 2.43. The molecular weight excluding hydrogens is 210 g/mol. The van der Waals surface area contributed by atoms with E-state index in [0.29, 0.717) is 11.6 Å². The maximum atomic E-state index is 5.22. The molecule has 0 unspecified atom stereocenters. The number of rotatable bonds is 8. The van der Waals surface area contributed by atoms with Crippen molar-refractivity contribution in [2.24, 2.45) is 0 Å². The lowest BCUT2D eigenvalue weighted by Gasteiger charge is -2.07. The lowest BCUT2D eigenvalue weighted by Crippen LogP contribution is -2.02. The summed E-state index contributed by atoms with van der Waals surface area (Å²) in [7, 11) is 0. The minimum atomic E-state index is 0.0586. The molecule has 0 radical (unpaired) electrons. The summed E-state index contributed by atoms with van der Waals surface area (Å²) < 4.78 is 20.0. The first-order valence-electron chi connectivity index (χ1n) is 4.53. The van der Waals surface area contributed by atoms with Crippen LogP contribution in [0.3, 0.4) is 0 Å². The van der Waals surface area contributed by atoms with Gasteiger partial charge in [-0.25, -0.2) is 4.98 Å². The maximum absolute atomic E-state index is 5.22. The van der Waals surface area contributed by atoms with Crippen molar-refractivity contribution in [1.82, 2.24) is 4.98 Å². The van der Waals surface area contributed by atoms with Crippen molar-refractivity contribution in [1.29, 1.82) is 0 Å². The molecule has 0 saturated heterocycles. The summed E-state index contributed by atoms with van der Waals surface area (Å²) >= 11 is 0. The lowest BCUT2D eigenvalue weighted by molar-refractivity contribution is 0.0721. The Morgan fingerprint density at radius 3 is 2.50 bits per heavy atom. The van der Waals surface area contributed by atoms with Crippen LogP contribution in [0.4, 0.5) is 0 Å². The molecule has 0 amide bonds. The molecule has 0 bridgehead atoms. The SMILES string of the molecule is C=COCOc1ccnc(OCOC=C)c1. The van der Waals surface area contributed by atoms with Gasteiger partial charge in [-0.2, -0.15) is 0 Å². The van der Waals surface area contributed by atoms with Crippen LogP contribution < -0.4 is 9.47 Å². The Hall–Kier alpha value is -2.17. The normalized spacial score (nSPS) is 9.00. The van der Waals surface area contributed by atoms with Crippen molar-refractivity contribution in [2.45, 2.75) is 0 Å². The second-order valence-corrected chi connectivity index (χ2v) is 2.52. The maximum Gasteiger partial charge on any atom is 0.231 e. The average Bonchev–Trinajstić information content (AvgIpc) is 2.30. The van der Waals surface area contributed by atoms with E-state index >= 15 is 0 Å². The van der Waals surface area contributed by atoms with Gasteiger partial charge in [-0.3, -0.25) is 0 Å². The van der Waals surface area contributed by atoms with Crippen LogP contribution in [-0.4, -0.2) is 18.6 Å². The minimum Gasteiger partial charge on any atom is -0.466 e. The molecule has 0 aromatic carbocycles. The van der Waals surface area contributed by atoms with E-state index in [2.05, 4.69) is 18.1 Å². The highest BCUT2D eigenvalue weighted by Crippen LogP contribution is 2.16. The average molecular weight is 223 g/mol. The summed E-state index contributed by atoms with van der Waals surface area (Å²) in [6.07, 6.45) is 4.15. The molecule has 1 aromatic heterocycles. The van der Waals surface area contributed by atoms with E-state index < -0.39 is 0 Å². The fourth-order valence-electron chi connectivity index (χ4n) is 0.853. The number of ether oxygens (including phenoxy) is 4. The highest BCUT2D eigenvalue weighted by atomic mass is 16.7. The number of aromatic nitrogens is 1. The molecule has 0 aliphatic heterocycles. The third-order valence-corrected chi connectivity index (χ3v) is 1.51. The Bertz CT molecular complexity index is 311. The van der Waals surface area contributed by atoms with Gasteiger partial charge in [0.25, 0.3) is 0 Å². The van der Waals surface area contributed by atoms with Gasteiger partial charge in [0.15, 0.2) is 0 Å². The van der Waals surface area contributed by atoms with Crippen molar-refractivity contribution >= 4 is 0 Å². The molecule has 0 fully saturated rings. The molecule has 5 heteroatoms. The monoisotopic (exact) mass is 223 g/mol. The minimum absolute atomic E-state index is 0.0586. The summed E-state index contributed by atoms with van der Waals surface area (Å²) in [5.74, 6) is 0.989. The molecule has 1 heterocycles.